The van der Waals surface area contributed by atoms with Crippen molar-refractivity contribution < 1.29 is 5.11 Å². The van der Waals surface area contributed by atoms with Gasteiger partial charge in [0.15, 0.2) is 0 Å². The fourth-order valence-corrected chi connectivity index (χ4v) is 2.87. The van der Waals surface area contributed by atoms with Crippen molar-refractivity contribution in [2.24, 2.45) is 5.92 Å². The predicted octanol–water partition coefficient (Wildman–Crippen LogP) is 2.60. The number of aromatic nitrogens is 2. The van der Waals surface area contributed by atoms with Gasteiger partial charge in [0.2, 0.25) is 0 Å². The van der Waals surface area contributed by atoms with Crippen LogP contribution in [0.2, 0.25) is 0 Å². The van der Waals surface area contributed by atoms with E-state index in [-0.39, 0.29) is 6.10 Å². The molecule has 1 aromatic rings. The molecule has 1 aromatic heterocycles. The molecule has 1 saturated carbocycles. The van der Waals surface area contributed by atoms with Crippen LogP contribution in [0.25, 0.3) is 0 Å². The maximum Gasteiger partial charge on any atom is 0.134 e. The summed E-state index contributed by atoms with van der Waals surface area (Å²) >= 11 is 0. The van der Waals surface area contributed by atoms with E-state index in [2.05, 4.69) is 34.4 Å². The fraction of sp³-hybridized carbons (Fsp3) is 0.733. The van der Waals surface area contributed by atoms with Gasteiger partial charge in [0.05, 0.1) is 6.10 Å². The number of aliphatic hydroxyl groups is 1. The van der Waals surface area contributed by atoms with Gasteiger partial charge < -0.3 is 15.7 Å². The van der Waals surface area contributed by atoms with Crippen LogP contribution in [-0.4, -0.2) is 34.8 Å². The van der Waals surface area contributed by atoms with Gasteiger partial charge in [-0.3, -0.25) is 0 Å². The monoisotopic (exact) mass is 278 g/mol. The van der Waals surface area contributed by atoms with Crippen molar-refractivity contribution in [1.29, 1.82) is 0 Å². The molecule has 3 N–H and O–H groups in total. The molecule has 0 bridgehead atoms. The number of aliphatic hydroxyl groups excluding tert-OH is 1. The Morgan fingerprint density at radius 3 is 2.45 bits per heavy atom. The van der Waals surface area contributed by atoms with Gasteiger partial charge in [-0.15, -0.1) is 0 Å². The first kappa shape index (κ1) is 15.0. The molecule has 5 heteroatoms. The summed E-state index contributed by atoms with van der Waals surface area (Å²) in [7, 11) is 1.89. The quantitative estimate of drug-likeness (QED) is 0.772. The Morgan fingerprint density at radius 2 is 1.85 bits per heavy atom. The highest BCUT2D eigenvalue weighted by atomic mass is 16.3. The Kier molecular flexibility index (Phi) is 5.17. The summed E-state index contributed by atoms with van der Waals surface area (Å²) in [6.07, 6.45) is 5.55. The number of anilines is 2. The molecule has 1 aliphatic carbocycles. The zero-order chi connectivity index (χ0) is 14.5. The van der Waals surface area contributed by atoms with E-state index < -0.39 is 0 Å². The Hall–Kier alpha value is -1.36. The average molecular weight is 278 g/mol. The van der Waals surface area contributed by atoms with Crippen LogP contribution in [0.5, 0.6) is 0 Å². The van der Waals surface area contributed by atoms with E-state index in [0.717, 1.165) is 49.4 Å². The summed E-state index contributed by atoms with van der Waals surface area (Å²) in [5, 5.41) is 16.2. The molecule has 2 rings (SSSR count). The topological polar surface area (TPSA) is 70.1 Å². The molecule has 0 atom stereocenters. The van der Waals surface area contributed by atoms with Crippen molar-refractivity contribution >= 4 is 11.6 Å². The third kappa shape index (κ3) is 3.60. The van der Waals surface area contributed by atoms with Gasteiger partial charge in [0, 0.05) is 19.2 Å². The van der Waals surface area contributed by atoms with Crippen LogP contribution >= 0.6 is 0 Å². The van der Waals surface area contributed by atoms with Crippen molar-refractivity contribution in [3.05, 3.63) is 11.9 Å². The van der Waals surface area contributed by atoms with Crippen molar-refractivity contribution in [3.8, 4) is 0 Å². The molecule has 5 nitrogen and oxygen atoms in total. The van der Waals surface area contributed by atoms with Crippen LogP contribution in [0, 0.1) is 5.92 Å². The van der Waals surface area contributed by atoms with Gasteiger partial charge in [-0.2, -0.15) is 0 Å². The second-order valence-electron chi connectivity index (χ2n) is 5.94. The normalized spacial score (nSPS) is 22.9. The first-order valence-electron chi connectivity index (χ1n) is 7.56. The molecule has 0 radical (unpaired) electrons. The molecule has 0 aliphatic heterocycles. The van der Waals surface area contributed by atoms with Crippen LogP contribution in [-0.2, 0) is 0 Å². The zero-order valence-electron chi connectivity index (χ0n) is 12.7. The van der Waals surface area contributed by atoms with Crippen LogP contribution in [0.15, 0.2) is 6.33 Å². The van der Waals surface area contributed by atoms with E-state index in [1.165, 1.54) is 0 Å². The van der Waals surface area contributed by atoms with Crippen molar-refractivity contribution in [2.45, 2.75) is 51.6 Å². The number of nitrogens with one attached hydrogen (secondary N) is 2. The number of rotatable bonds is 5. The van der Waals surface area contributed by atoms with Crippen molar-refractivity contribution in [3.63, 3.8) is 0 Å². The molecular formula is C15H26N4O. The lowest BCUT2D eigenvalue weighted by Gasteiger charge is -2.26. The first-order valence-corrected chi connectivity index (χ1v) is 7.56. The summed E-state index contributed by atoms with van der Waals surface area (Å²) in [4.78, 5) is 8.68. The van der Waals surface area contributed by atoms with Gasteiger partial charge in [0.25, 0.3) is 0 Å². The van der Waals surface area contributed by atoms with Gasteiger partial charge in [-0.05, 0) is 37.5 Å². The van der Waals surface area contributed by atoms with E-state index in [9.17, 15) is 5.11 Å². The smallest absolute Gasteiger partial charge is 0.134 e. The van der Waals surface area contributed by atoms with Gasteiger partial charge >= 0.3 is 0 Å². The van der Waals surface area contributed by atoms with Crippen LogP contribution in [0.1, 0.15) is 51.0 Å². The molecule has 1 fully saturated rings. The summed E-state index contributed by atoms with van der Waals surface area (Å²) in [5.74, 6) is 2.84. The molecule has 20 heavy (non-hydrogen) atoms. The third-order valence-corrected chi connectivity index (χ3v) is 4.07. The minimum Gasteiger partial charge on any atom is -0.393 e. The van der Waals surface area contributed by atoms with E-state index in [0.29, 0.717) is 11.8 Å². The predicted molar refractivity (Wildman–Crippen MR) is 82.1 cm³/mol. The minimum atomic E-state index is -0.0904. The SMILES string of the molecule is CNc1ncnc(NCC2CCC(O)CC2)c1C(C)C. The van der Waals surface area contributed by atoms with E-state index in [4.69, 9.17) is 0 Å². The molecule has 0 saturated heterocycles. The maximum absolute atomic E-state index is 9.55. The number of hydrogen-bond acceptors (Lipinski definition) is 5. The van der Waals surface area contributed by atoms with Gasteiger partial charge in [-0.1, -0.05) is 13.8 Å². The highest BCUT2D eigenvalue weighted by Gasteiger charge is 2.20. The summed E-state index contributed by atoms with van der Waals surface area (Å²) in [5.41, 5.74) is 1.14. The fourth-order valence-electron chi connectivity index (χ4n) is 2.87. The number of nitrogens with zero attached hydrogens (tertiary/aromatic N) is 2. The molecule has 0 amide bonds. The Morgan fingerprint density at radius 1 is 1.20 bits per heavy atom. The third-order valence-electron chi connectivity index (χ3n) is 4.07. The van der Waals surface area contributed by atoms with Crippen LogP contribution < -0.4 is 10.6 Å². The molecular weight excluding hydrogens is 252 g/mol. The molecule has 112 valence electrons. The second kappa shape index (κ2) is 6.88. The summed E-state index contributed by atoms with van der Waals surface area (Å²) in [6.45, 7) is 5.23. The van der Waals surface area contributed by atoms with Gasteiger partial charge in [0.1, 0.15) is 18.0 Å². The summed E-state index contributed by atoms with van der Waals surface area (Å²) in [6, 6.07) is 0. The molecule has 0 unspecified atom stereocenters. The Labute approximate surface area is 121 Å². The van der Waals surface area contributed by atoms with Crippen LogP contribution in [0.3, 0.4) is 0 Å². The van der Waals surface area contributed by atoms with Crippen molar-refractivity contribution in [1.82, 2.24) is 9.97 Å². The van der Waals surface area contributed by atoms with Crippen molar-refractivity contribution in [2.75, 3.05) is 24.2 Å². The first-order chi connectivity index (χ1) is 9.61. The largest absolute Gasteiger partial charge is 0.393 e. The standard InChI is InChI=1S/C15H26N4O/c1-10(2)13-14(16-3)18-9-19-15(13)17-8-11-4-6-12(20)7-5-11/h9-12,20H,4-8H2,1-3H3,(H2,16,17,18,19). The molecule has 0 spiro atoms. The average Bonchev–Trinajstić information content (AvgIpc) is 2.46. The van der Waals surface area contributed by atoms with E-state index in [1.807, 2.05) is 7.05 Å². The van der Waals surface area contributed by atoms with Gasteiger partial charge in [-0.25, -0.2) is 9.97 Å². The maximum atomic E-state index is 9.55. The number of hydrogen-bond donors (Lipinski definition) is 3. The highest BCUT2D eigenvalue weighted by molar-refractivity contribution is 5.58. The Balaban J connectivity index is 2.02. The van der Waals surface area contributed by atoms with E-state index in [1.54, 1.807) is 6.33 Å². The molecule has 1 aliphatic rings. The lowest BCUT2D eigenvalue weighted by atomic mass is 9.87. The van der Waals surface area contributed by atoms with Crippen LogP contribution in [0.4, 0.5) is 11.6 Å². The lowest BCUT2D eigenvalue weighted by molar-refractivity contribution is 0.111. The molecule has 0 aromatic carbocycles. The second-order valence-corrected chi connectivity index (χ2v) is 5.94. The van der Waals surface area contributed by atoms with E-state index >= 15 is 0 Å². The Bertz CT molecular complexity index is 428. The molecule has 1 heterocycles. The summed E-state index contributed by atoms with van der Waals surface area (Å²) < 4.78 is 0. The zero-order valence-corrected chi connectivity index (χ0v) is 12.7. The highest BCUT2D eigenvalue weighted by Crippen LogP contribution is 2.29. The minimum absolute atomic E-state index is 0.0904. The lowest BCUT2D eigenvalue weighted by Crippen LogP contribution is -2.24.